The molecular weight excluding hydrogens is 561 g/mol. The Kier molecular flexibility index (Phi) is 8.83. The van der Waals surface area contributed by atoms with Crippen LogP contribution in [-0.2, 0) is 15.0 Å². The van der Waals surface area contributed by atoms with Gasteiger partial charge in [-0.1, -0.05) is 50.0 Å². The highest BCUT2D eigenvalue weighted by atomic mass is 35.5. The van der Waals surface area contributed by atoms with E-state index in [0.717, 1.165) is 0 Å². The third-order valence-electron chi connectivity index (χ3n) is 7.64. The lowest BCUT2D eigenvalue weighted by Gasteiger charge is -2.37. The first-order valence-corrected chi connectivity index (χ1v) is 14.0. The summed E-state index contributed by atoms with van der Waals surface area (Å²) in [6, 6.07) is 5.21. The van der Waals surface area contributed by atoms with Crippen molar-refractivity contribution in [3.05, 3.63) is 63.1 Å². The normalized spacial score (nSPS) is 24.9. The van der Waals surface area contributed by atoms with Crippen LogP contribution in [0.15, 0.2) is 30.3 Å². The fraction of sp³-hybridized carbons (Fsp3) is 0.517. The van der Waals surface area contributed by atoms with E-state index in [0.29, 0.717) is 36.2 Å². The lowest BCUT2D eigenvalue weighted by Crippen LogP contribution is -2.49. The second kappa shape index (κ2) is 11.5. The summed E-state index contributed by atoms with van der Waals surface area (Å²) in [7, 11) is 3.69. The second-order valence-electron chi connectivity index (χ2n) is 12.2. The fourth-order valence-electron chi connectivity index (χ4n) is 6.12. The van der Waals surface area contributed by atoms with Gasteiger partial charge in [0, 0.05) is 30.7 Å². The van der Waals surface area contributed by atoms with Gasteiger partial charge in [0.2, 0.25) is 11.8 Å². The molecule has 218 valence electrons. The molecule has 2 aliphatic rings. The van der Waals surface area contributed by atoms with E-state index in [1.54, 1.807) is 0 Å². The molecule has 2 amide bonds. The summed E-state index contributed by atoms with van der Waals surface area (Å²) in [6.07, 6.45) is 0.146. The van der Waals surface area contributed by atoms with Crippen LogP contribution in [0.1, 0.15) is 50.7 Å². The van der Waals surface area contributed by atoms with Crippen LogP contribution in [-0.4, -0.2) is 67.2 Å². The van der Waals surface area contributed by atoms with Crippen molar-refractivity contribution >= 4 is 40.7 Å². The molecule has 0 aliphatic carbocycles. The molecule has 11 heteroatoms. The number of aliphatic hydroxyl groups is 1. The maximum Gasteiger partial charge on any atom is 0.237 e. The third kappa shape index (κ3) is 5.85. The maximum atomic E-state index is 15.0. The number of likely N-dealkylation sites (N-methyl/N-ethyl adjacent to an activating group) is 1. The van der Waals surface area contributed by atoms with Crippen molar-refractivity contribution in [1.82, 2.24) is 15.5 Å². The number of hydrogen-bond donors (Lipinski definition) is 4. The van der Waals surface area contributed by atoms with Gasteiger partial charge in [0.1, 0.15) is 17.0 Å². The van der Waals surface area contributed by atoms with Crippen LogP contribution in [0.25, 0.3) is 0 Å². The van der Waals surface area contributed by atoms with E-state index in [1.807, 2.05) is 39.8 Å². The van der Waals surface area contributed by atoms with Crippen molar-refractivity contribution in [2.45, 2.75) is 63.1 Å². The van der Waals surface area contributed by atoms with Gasteiger partial charge in [0.15, 0.2) is 0 Å². The Morgan fingerprint density at radius 1 is 1.15 bits per heavy atom. The van der Waals surface area contributed by atoms with Gasteiger partial charge >= 0.3 is 0 Å². The van der Waals surface area contributed by atoms with E-state index in [-0.39, 0.29) is 22.0 Å². The van der Waals surface area contributed by atoms with Gasteiger partial charge in [-0.25, -0.2) is 8.78 Å². The smallest absolute Gasteiger partial charge is 0.237 e. The highest BCUT2D eigenvalue weighted by Gasteiger charge is 2.65. The quantitative estimate of drug-likeness (QED) is 0.361. The number of amides is 2. The number of benzene rings is 2. The van der Waals surface area contributed by atoms with Crippen LogP contribution in [0.2, 0.25) is 10.0 Å². The topological polar surface area (TPSA) is 93.7 Å². The summed E-state index contributed by atoms with van der Waals surface area (Å²) < 4.78 is 29.2. The number of carbonyl (C=O) groups is 2. The van der Waals surface area contributed by atoms with E-state index in [4.69, 9.17) is 23.2 Å². The second-order valence-corrected chi connectivity index (χ2v) is 13.1. The molecule has 0 unspecified atom stereocenters. The monoisotopic (exact) mass is 596 g/mol. The number of aliphatic hydroxyl groups excluding tert-OH is 1. The fourth-order valence-corrected chi connectivity index (χ4v) is 6.48. The molecular formula is C29H36Cl2F2N4O3. The van der Waals surface area contributed by atoms with E-state index in [9.17, 15) is 23.5 Å². The van der Waals surface area contributed by atoms with Crippen molar-refractivity contribution < 1.29 is 23.5 Å². The molecule has 2 heterocycles. The molecule has 4 N–H and O–H groups in total. The minimum absolute atomic E-state index is 0.138. The summed E-state index contributed by atoms with van der Waals surface area (Å²) in [6.45, 7) is 6.69. The molecule has 2 aromatic rings. The Balaban J connectivity index is 1.84. The Bertz CT molecular complexity index is 1300. The van der Waals surface area contributed by atoms with E-state index in [2.05, 4.69) is 16.0 Å². The number of anilines is 1. The van der Waals surface area contributed by atoms with Gasteiger partial charge in [-0.3, -0.25) is 9.59 Å². The van der Waals surface area contributed by atoms with E-state index < -0.39 is 53.0 Å². The summed E-state index contributed by atoms with van der Waals surface area (Å²) in [5.41, 5.74) is -0.514. The average molecular weight is 598 g/mol. The predicted octanol–water partition coefficient (Wildman–Crippen LogP) is 4.45. The molecule has 7 nitrogen and oxygen atoms in total. The number of halogens is 4. The molecule has 0 bridgehead atoms. The van der Waals surface area contributed by atoms with Gasteiger partial charge in [0.25, 0.3) is 0 Å². The SMILES string of the molecule is CN(C)C[C@@H](O)CCNC(=O)[C@@H]1N[C@H](CC(C)(C)C)[C@]2(C(=O)Nc3cc(Cl)c(F)cc32)[C@H]1c1ccc(F)c(Cl)c1. The van der Waals surface area contributed by atoms with Gasteiger partial charge in [-0.15, -0.1) is 0 Å². The lowest BCUT2D eigenvalue weighted by molar-refractivity contribution is -0.123. The molecule has 1 saturated heterocycles. The number of hydrogen-bond acceptors (Lipinski definition) is 5. The first-order chi connectivity index (χ1) is 18.6. The van der Waals surface area contributed by atoms with E-state index >= 15 is 0 Å². The molecule has 0 radical (unpaired) electrons. The molecule has 2 aliphatic heterocycles. The first kappa shape index (κ1) is 30.7. The van der Waals surface area contributed by atoms with Crippen LogP contribution >= 0.6 is 23.2 Å². The van der Waals surface area contributed by atoms with E-state index in [1.165, 1.54) is 30.3 Å². The summed E-state index contributed by atoms with van der Waals surface area (Å²) in [5.74, 6) is -3.00. The van der Waals surface area contributed by atoms with Crippen molar-refractivity contribution in [2.24, 2.45) is 5.41 Å². The lowest BCUT2D eigenvalue weighted by atomic mass is 9.62. The number of fused-ring (bicyclic) bond motifs is 2. The van der Waals surface area contributed by atoms with Crippen molar-refractivity contribution in [3.63, 3.8) is 0 Å². The summed E-state index contributed by atoms with van der Waals surface area (Å²) >= 11 is 12.3. The zero-order valence-electron chi connectivity index (χ0n) is 23.2. The molecule has 0 saturated carbocycles. The van der Waals surface area contributed by atoms with Gasteiger partial charge in [-0.2, -0.15) is 0 Å². The summed E-state index contributed by atoms with van der Waals surface area (Å²) in [5, 5.41) is 19.1. The van der Waals surface area contributed by atoms with Crippen molar-refractivity contribution in [2.75, 3.05) is 32.5 Å². The standard InChI is InChI=1S/C29H36Cl2F2N4O3/c1-28(2,3)13-23-29(17-11-21(33)19(31)12-22(17)35-27(29)40)24(15-6-7-20(32)18(30)10-15)25(36-23)26(39)34-9-8-16(38)14-37(4)5/h6-7,10-12,16,23-25,36,38H,8-9,13-14H2,1-5H3,(H,34,39)(H,35,40)/t16-,23+,24-,25+,29-/m0/s1. The van der Waals surface area contributed by atoms with Gasteiger partial charge < -0.3 is 26.0 Å². The van der Waals surface area contributed by atoms with Crippen LogP contribution in [0.5, 0.6) is 0 Å². The molecule has 0 aromatic heterocycles. The minimum Gasteiger partial charge on any atom is -0.392 e. The zero-order chi connectivity index (χ0) is 29.6. The first-order valence-electron chi connectivity index (χ1n) is 13.3. The zero-order valence-corrected chi connectivity index (χ0v) is 24.8. The Labute approximate surface area is 243 Å². The molecule has 1 spiro atoms. The molecule has 5 atom stereocenters. The van der Waals surface area contributed by atoms with Crippen molar-refractivity contribution in [3.8, 4) is 0 Å². The van der Waals surface area contributed by atoms with Gasteiger partial charge in [-0.05, 0) is 67.7 Å². The highest BCUT2D eigenvalue weighted by molar-refractivity contribution is 6.31. The largest absolute Gasteiger partial charge is 0.392 e. The third-order valence-corrected chi connectivity index (χ3v) is 8.22. The molecule has 40 heavy (non-hydrogen) atoms. The van der Waals surface area contributed by atoms with Crippen LogP contribution in [0, 0.1) is 17.0 Å². The molecule has 1 fully saturated rings. The highest BCUT2D eigenvalue weighted by Crippen LogP contribution is 2.57. The Hall–Kier alpha value is -2.30. The number of nitrogens with zero attached hydrogens (tertiary/aromatic N) is 1. The number of nitrogens with one attached hydrogen (secondary N) is 3. The van der Waals surface area contributed by atoms with Gasteiger partial charge in [0.05, 0.1) is 22.2 Å². The Morgan fingerprint density at radius 3 is 2.45 bits per heavy atom. The van der Waals surface area contributed by atoms with Crippen LogP contribution < -0.4 is 16.0 Å². The van der Waals surface area contributed by atoms with Crippen molar-refractivity contribution in [1.29, 1.82) is 0 Å². The molecule has 2 aromatic carbocycles. The Morgan fingerprint density at radius 2 is 1.82 bits per heavy atom. The average Bonchev–Trinajstić information content (AvgIpc) is 3.30. The maximum absolute atomic E-state index is 15.0. The summed E-state index contributed by atoms with van der Waals surface area (Å²) in [4.78, 5) is 29.7. The molecule has 4 rings (SSSR count). The minimum atomic E-state index is -1.43. The van der Waals surface area contributed by atoms with Crippen LogP contribution in [0.4, 0.5) is 14.5 Å². The van der Waals surface area contributed by atoms with Crippen LogP contribution in [0.3, 0.4) is 0 Å². The predicted molar refractivity (Wildman–Crippen MR) is 153 cm³/mol. The number of carbonyl (C=O) groups excluding carboxylic acids is 2. The number of rotatable bonds is 8.